The summed E-state index contributed by atoms with van der Waals surface area (Å²) >= 11 is 0. The first-order valence-electron chi connectivity index (χ1n) is 7.99. The van der Waals surface area contributed by atoms with Crippen LogP contribution >= 0.6 is 0 Å². The molecule has 0 unspecified atom stereocenters. The Morgan fingerprint density at radius 2 is 1.73 bits per heavy atom. The maximum Gasteiger partial charge on any atom is 0.253 e. The summed E-state index contributed by atoms with van der Waals surface area (Å²) in [5.41, 5.74) is 1.39. The third-order valence-corrected chi connectivity index (χ3v) is 3.73. The van der Waals surface area contributed by atoms with E-state index in [2.05, 4.69) is 10.6 Å². The van der Waals surface area contributed by atoms with Crippen LogP contribution in [0.25, 0.3) is 0 Å². The number of likely N-dealkylation sites (tertiary alicyclic amines) is 1. The number of nitrogens with one attached hydrogen (secondary N) is 2. The molecule has 1 saturated heterocycles. The molecule has 1 heterocycles. The van der Waals surface area contributed by atoms with Gasteiger partial charge in [-0.25, -0.2) is 0 Å². The summed E-state index contributed by atoms with van der Waals surface area (Å²) < 4.78 is 0. The van der Waals surface area contributed by atoms with E-state index in [1.807, 2.05) is 18.7 Å². The van der Waals surface area contributed by atoms with Crippen molar-refractivity contribution in [1.82, 2.24) is 10.2 Å². The number of anilines is 1. The Hall–Kier alpha value is -1.88. The zero-order valence-electron chi connectivity index (χ0n) is 13.4. The van der Waals surface area contributed by atoms with E-state index in [0.29, 0.717) is 11.3 Å². The lowest BCUT2D eigenvalue weighted by Gasteiger charge is -2.26. The fourth-order valence-electron chi connectivity index (χ4n) is 2.48. The van der Waals surface area contributed by atoms with Crippen LogP contribution in [0.4, 0.5) is 5.69 Å². The fourth-order valence-corrected chi connectivity index (χ4v) is 2.48. The zero-order valence-corrected chi connectivity index (χ0v) is 13.4. The number of carbonyl (C=O) groups excluding carboxylic acids is 2. The number of carbonyl (C=O) groups is 2. The molecule has 1 aromatic rings. The Morgan fingerprint density at radius 3 is 2.32 bits per heavy atom. The van der Waals surface area contributed by atoms with Crippen LogP contribution in [0, 0.1) is 0 Å². The van der Waals surface area contributed by atoms with Crippen molar-refractivity contribution in [1.29, 1.82) is 0 Å². The number of hydrogen-bond donors (Lipinski definition) is 2. The third-order valence-electron chi connectivity index (χ3n) is 3.73. The summed E-state index contributed by atoms with van der Waals surface area (Å²) in [4.78, 5) is 26.0. The van der Waals surface area contributed by atoms with Gasteiger partial charge in [0.25, 0.3) is 5.91 Å². The lowest BCUT2D eigenvalue weighted by molar-refractivity contribution is -0.115. The molecule has 5 nitrogen and oxygen atoms in total. The van der Waals surface area contributed by atoms with Crippen molar-refractivity contribution in [3.63, 3.8) is 0 Å². The number of amides is 2. The Bertz CT molecular complexity index is 505. The highest BCUT2D eigenvalue weighted by molar-refractivity contribution is 5.96. The fraction of sp³-hybridized carbons (Fsp3) is 0.529. The Labute approximate surface area is 132 Å². The van der Waals surface area contributed by atoms with Crippen LogP contribution in [0.3, 0.4) is 0 Å². The molecule has 0 spiro atoms. The number of nitrogens with zero attached hydrogens (tertiary/aromatic N) is 1. The minimum absolute atomic E-state index is 0.0798. The van der Waals surface area contributed by atoms with Gasteiger partial charge in [0.2, 0.25) is 5.91 Å². The Kier molecular flexibility index (Phi) is 5.95. The molecule has 0 aromatic heterocycles. The van der Waals surface area contributed by atoms with Crippen LogP contribution in [0.15, 0.2) is 24.3 Å². The molecular formula is C17H25N3O2. The molecular weight excluding hydrogens is 278 g/mol. The second kappa shape index (κ2) is 7.94. The molecule has 2 rings (SSSR count). The highest BCUT2D eigenvalue weighted by Crippen LogP contribution is 2.15. The summed E-state index contributed by atoms with van der Waals surface area (Å²) in [5, 5.41) is 5.88. The number of rotatable bonds is 5. The zero-order chi connectivity index (χ0) is 15.9. The van der Waals surface area contributed by atoms with Crippen molar-refractivity contribution in [2.75, 3.05) is 25.0 Å². The van der Waals surface area contributed by atoms with Gasteiger partial charge in [0.05, 0.1) is 6.54 Å². The number of hydrogen-bond acceptors (Lipinski definition) is 3. The molecule has 120 valence electrons. The average molecular weight is 303 g/mol. The van der Waals surface area contributed by atoms with Gasteiger partial charge in [0.1, 0.15) is 0 Å². The van der Waals surface area contributed by atoms with Crippen molar-refractivity contribution in [2.45, 2.75) is 39.2 Å². The molecule has 1 aliphatic rings. The van der Waals surface area contributed by atoms with Gasteiger partial charge in [0.15, 0.2) is 0 Å². The summed E-state index contributed by atoms with van der Waals surface area (Å²) in [6.07, 6.45) is 3.38. The van der Waals surface area contributed by atoms with E-state index in [-0.39, 0.29) is 24.4 Å². The smallest absolute Gasteiger partial charge is 0.253 e. The molecule has 1 fully saturated rings. The average Bonchev–Trinajstić information content (AvgIpc) is 2.54. The predicted octanol–water partition coefficient (Wildman–Crippen LogP) is 2.25. The largest absolute Gasteiger partial charge is 0.339 e. The Morgan fingerprint density at radius 1 is 1.09 bits per heavy atom. The predicted molar refractivity (Wildman–Crippen MR) is 88.0 cm³/mol. The summed E-state index contributed by atoms with van der Waals surface area (Å²) in [5.74, 6) is 0.00265. The summed E-state index contributed by atoms with van der Waals surface area (Å²) in [7, 11) is 0. The van der Waals surface area contributed by atoms with Gasteiger partial charge in [-0.05, 0) is 43.5 Å². The van der Waals surface area contributed by atoms with Crippen molar-refractivity contribution in [3.8, 4) is 0 Å². The maximum atomic E-state index is 12.3. The normalized spacial score (nSPS) is 15.0. The standard InChI is InChI=1S/C17H25N3O2/c1-13(2)18-12-16(21)19-15-8-6-14(7-9-15)17(22)20-10-4-3-5-11-20/h6-9,13,18H,3-5,10-12H2,1-2H3,(H,19,21). The molecule has 5 heteroatoms. The highest BCUT2D eigenvalue weighted by Gasteiger charge is 2.17. The molecule has 0 bridgehead atoms. The number of piperidine rings is 1. The minimum Gasteiger partial charge on any atom is -0.339 e. The summed E-state index contributed by atoms with van der Waals surface area (Å²) in [6.45, 7) is 5.96. The topological polar surface area (TPSA) is 61.4 Å². The first-order chi connectivity index (χ1) is 10.6. The van der Waals surface area contributed by atoms with Gasteiger partial charge < -0.3 is 15.5 Å². The van der Waals surface area contributed by atoms with E-state index in [0.717, 1.165) is 25.9 Å². The molecule has 22 heavy (non-hydrogen) atoms. The molecule has 0 atom stereocenters. The van der Waals surface area contributed by atoms with Gasteiger partial charge in [-0.1, -0.05) is 13.8 Å². The molecule has 2 N–H and O–H groups in total. The molecule has 0 radical (unpaired) electrons. The SMILES string of the molecule is CC(C)NCC(=O)Nc1ccc(C(=O)N2CCCCC2)cc1. The van der Waals surface area contributed by atoms with Crippen LogP contribution in [0.5, 0.6) is 0 Å². The van der Waals surface area contributed by atoms with Gasteiger partial charge in [0, 0.05) is 30.4 Å². The molecule has 0 saturated carbocycles. The lowest BCUT2D eigenvalue weighted by Crippen LogP contribution is -2.35. The van der Waals surface area contributed by atoms with E-state index in [1.54, 1.807) is 24.3 Å². The van der Waals surface area contributed by atoms with Crippen molar-refractivity contribution in [3.05, 3.63) is 29.8 Å². The van der Waals surface area contributed by atoms with E-state index >= 15 is 0 Å². The van der Waals surface area contributed by atoms with Crippen molar-refractivity contribution in [2.24, 2.45) is 0 Å². The van der Waals surface area contributed by atoms with Gasteiger partial charge in [-0.2, -0.15) is 0 Å². The Balaban J connectivity index is 1.89. The van der Waals surface area contributed by atoms with Gasteiger partial charge in [-0.3, -0.25) is 9.59 Å². The van der Waals surface area contributed by atoms with Crippen molar-refractivity contribution < 1.29 is 9.59 Å². The third kappa shape index (κ3) is 4.84. The second-order valence-corrected chi connectivity index (χ2v) is 6.01. The second-order valence-electron chi connectivity index (χ2n) is 6.01. The van der Waals surface area contributed by atoms with E-state index in [9.17, 15) is 9.59 Å². The van der Waals surface area contributed by atoms with Crippen LogP contribution in [-0.4, -0.2) is 42.4 Å². The van der Waals surface area contributed by atoms with Crippen molar-refractivity contribution >= 4 is 17.5 Å². The monoisotopic (exact) mass is 303 g/mol. The highest BCUT2D eigenvalue weighted by atomic mass is 16.2. The molecule has 1 aromatic carbocycles. The van der Waals surface area contributed by atoms with Crippen LogP contribution in [0.2, 0.25) is 0 Å². The first kappa shape index (κ1) is 16.5. The maximum absolute atomic E-state index is 12.3. The lowest BCUT2D eigenvalue weighted by atomic mass is 10.1. The molecule has 0 aliphatic carbocycles. The van der Waals surface area contributed by atoms with Crippen LogP contribution < -0.4 is 10.6 Å². The molecule has 1 aliphatic heterocycles. The van der Waals surface area contributed by atoms with E-state index in [4.69, 9.17) is 0 Å². The van der Waals surface area contributed by atoms with Crippen LogP contribution in [-0.2, 0) is 4.79 Å². The molecule has 2 amide bonds. The van der Waals surface area contributed by atoms with Gasteiger partial charge in [-0.15, -0.1) is 0 Å². The van der Waals surface area contributed by atoms with E-state index < -0.39 is 0 Å². The summed E-state index contributed by atoms with van der Waals surface area (Å²) in [6, 6.07) is 7.40. The minimum atomic E-state index is -0.0798. The van der Waals surface area contributed by atoms with Crippen LogP contribution in [0.1, 0.15) is 43.5 Å². The quantitative estimate of drug-likeness (QED) is 0.877. The first-order valence-corrected chi connectivity index (χ1v) is 7.99. The number of benzene rings is 1. The van der Waals surface area contributed by atoms with E-state index in [1.165, 1.54) is 6.42 Å². The van der Waals surface area contributed by atoms with Gasteiger partial charge >= 0.3 is 0 Å².